The Balaban J connectivity index is 1.63. The normalized spacial score (nSPS) is 27.1. The second kappa shape index (κ2) is 8.01. The highest BCUT2D eigenvalue weighted by Crippen LogP contribution is 2.41. The van der Waals surface area contributed by atoms with Gasteiger partial charge in [-0.1, -0.05) is 48.6 Å². The van der Waals surface area contributed by atoms with Crippen LogP contribution < -0.4 is 5.32 Å². The van der Waals surface area contributed by atoms with E-state index in [4.69, 9.17) is 4.74 Å². The highest BCUT2D eigenvalue weighted by atomic mass is 32.2. The van der Waals surface area contributed by atoms with Crippen molar-refractivity contribution in [3.63, 3.8) is 0 Å². The maximum Gasteiger partial charge on any atom is 0.317 e. The fourth-order valence-corrected chi connectivity index (χ4v) is 4.45. The zero-order valence-electron chi connectivity index (χ0n) is 13.6. The van der Waals surface area contributed by atoms with E-state index in [-0.39, 0.29) is 12.6 Å². The van der Waals surface area contributed by atoms with Crippen LogP contribution in [0.2, 0.25) is 0 Å². The molecule has 2 atom stereocenters. The number of hydrogen-bond donors (Lipinski definition) is 2. The largest absolute Gasteiger partial charge is 0.460 e. The summed E-state index contributed by atoms with van der Waals surface area (Å²) in [4.78, 5) is 11.3. The lowest BCUT2D eigenvalue weighted by Crippen LogP contribution is -2.42. The number of benzene rings is 1. The molecule has 1 aliphatic carbocycles. The fraction of sp³-hybridized carbons (Fsp3) is 0.421. The number of carbonyl (C=O) groups is 1. The smallest absolute Gasteiger partial charge is 0.317 e. The number of aliphatic hydroxyl groups is 1. The van der Waals surface area contributed by atoms with E-state index in [1.165, 1.54) is 11.8 Å². The number of allylic oxidation sites excluding steroid dienone is 2. The van der Waals surface area contributed by atoms with E-state index < -0.39 is 10.9 Å². The van der Waals surface area contributed by atoms with Gasteiger partial charge in [0, 0.05) is 5.25 Å². The van der Waals surface area contributed by atoms with E-state index >= 15 is 0 Å². The lowest BCUT2D eigenvalue weighted by atomic mass is 9.97. The molecule has 0 unspecified atom stereocenters. The van der Waals surface area contributed by atoms with Crippen LogP contribution in [0.25, 0.3) is 0 Å². The first-order valence-corrected chi connectivity index (χ1v) is 9.23. The van der Waals surface area contributed by atoms with E-state index in [0.717, 1.165) is 31.5 Å². The highest BCUT2D eigenvalue weighted by molar-refractivity contribution is 8.01. The Labute approximate surface area is 147 Å². The van der Waals surface area contributed by atoms with Crippen LogP contribution >= 0.6 is 11.8 Å². The minimum absolute atomic E-state index is 0.224. The van der Waals surface area contributed by atoms with Crippen molar-refractivity contribution in [3.8, 4) is 0 Å². The van der Waals surface area contributed by atoms with Crippen LogP contribution in [-0.2, 0) is 16.1 Å². The fourth-order valence-electron chi connectivity index (χ4n) is 2.97. The second-order valence-electron chi connectivity index (χ2n) is 6.13. The maximum absolute atomic E-state index is 12.5. The molecule has 1 aliphatic heterocycles. The Morgan fingerprint density at radius 1 is 1.25 bits per heavy atom. The molecule has 0 aromatic heterocycles. The van der Waals surface area contributed by atoms with Crippen molar-refractivity contribution in [1.29, 1.82) is 0 Å². The van der Waals surface area contributed by atoms with Crippen molar-refractivity contribution in [3.05, 3.63) is 60.2 Å². The Hall–Kier alpha value is -1.56. The summed E-state index contributed by atoms with van der Waals surface area (Å²) in [6.07, 6.45) is 9.04. The number of rotatable bonds is 5. The summed E-state index contributed by atoms with van der Waals surface area (Å²) in [5.41, 5.74) is 0.940. The van der Waals surface area contributed by atoms with E-state index in [2.05, 4.69) is 5.32 Å². The minimum atomic E-state index is -1.23. The van der Waals surface area contributed by atoms with Crippen molar-refractivity contribution in [2.45, 2.75) is 29.6 Å². The van der Waals surface area contributed by atoms with Gasteiger partial charge in [-0.05, 0) is 37.6 Å². The second-order valence-corrected chi connectivity index (χ2v) is 7.69. The third kappa shape index (κ3) is 4.29. The number of ether oxygens (including phenoxy) is 1. The molecule has 0 spiro atoms. The maximum atomic E-state index is 12.5. The van der Waals surface area contributed by atoms with Gasteiger partial charge in [0.2, 0.25) is 0 Å². The Morgan fingerprint density at radius 2 is 2.00 bits per heavy atom. The minimum Gasteiger partial charge on any atom is -0.460 e. The predicted octanol–water partition coefficient (Wildman–Crippen LogP) is 2.65. The summed E-state index contributed by atoms with van der Waals surface area (Å²) in [7, 11) is 0. The summed E-state index contributed by atoms with van der Waals surface area (Å²) in [5, 5.41) is 14.7. The molecule has 3 rings (SSSR count). The van der Waals surface area contributed by atoms with E-state index in [0.29, 0.717) is 5.25 Å². The Bertz CT molecular complexity index is 610. The molecule has 0 radical (unpaired) electrons. The third-order valence-electron chi connectivity index (χ3n) is 4.31. The Morgan fingerprint density at radius 3 is 2.75 bits per heavy atom. The van der Waals surface area contributed by atoms with Gasteiger partial charge in [0.05, 0.1) is 0 Å². The molecular weight excluding hydrogens is 322 g/mol. The third-order valence-corrected chi connectivity index (χ3v) is 5.89. The molecule has 5 heteroatoms. The molecule has 0 saturated carbocycles. The quantitative estimate of drug-likeness (QED) is 0.635. The number of esters is 1. The van der Waals surface area contributed by atoms with Gasteiger partial charge in [-0.25, -0.2) is 0 Å². The number of carbonyl (C=O) groups excluding carboxylic acids is 1. The van der Waals surface area contributed by atoms with Gasteiger partial charge in [0.25, 0.3) is 0 Å². The van der Waals surface area contributed by atoms with Crippen molar-refractivity contribution in [1.82, 2.24) is 5.32 Å². The van der Waals surface area contributed by atoms with E-state index in [1.807, 2.05) is 30.3 Å². The number of nitrogens with one attached hydrogen (secondary N) is 1. The molecule has 24 heavy (non-hydrogen) atoms. The van der Waals surface area contributed by atoms with Crippen LogP contribution in [-0.4, -0.2) is 34.3 Å². The highest BCUT2D eigenvalue weighted by Gasteiger charge is 2.42. The molecule has 4 nitrogen and oxygen atoms in total. The van der Waals surface area contributed by atoms with Crippen LogP contribution in [0.4, 0.5) is 0 Å². The van der Waals surface area contributed by atoms with Gasteiger partial charge in [-0.2, -0.15) is 0 Å². The molecule has 0 bridgehead atoms. The molecular formula is C19H23NO3S. The molecule has 1 heterocycles. The first kappa shape index (κ1) is 17.3. The predicted molar refractivity (Wildman–Crippen MR) is 96.4 cm³/mol. The van der Waals surface area contributed by atoms with Crippen LogP contribution in [0.1, 0.15) is 18.4 Å². The molecule has 1 saturated heterocycles. The topological polar surface area (TPSA) is 58.6 Å². The number of hydrogen-bond acceptors (Lipinski definition) is 5. The van der Waals surface area contributed by atoms with Crippen molar-refractivity contribution >= 4 is 17.7 Å². The van der Waals surface area contributed by atoms with Gasteiger partial charge < -0.3 is 15.2 Å². The molecule has 2 aliphatic rings. The zero-order valence-corrected chi connectivity index (χ0v) is 14.4. The first-order valence-electron chi connectivity index (χ1n) is 8.35. The van der Waals surface area contributed by atoms with Crippen LogP contribution in [0.3, 0.4) is 0 Å². The molecule has 128 valence electrons. The SMILES string of the molecule is O=C(OCc1ccccc1)[C@H]1C=CC=C[C@@]1(O)SC1CCNCC1. The molecule has 1 fully saturated rings. The average Bonchev–Trinajstić information content (AvgIpc) is 2.61. The van der Waals surface area contributed by atoms with Gasteiger partial charge in [0.15, 0.2) is 0 Å². The lowest BCUT2D eigenvalue weighted by molar-refractivity contribution is -0.151. The summed E-state index contributed by atoms with van der Waals surface area (Å²) >= 11 is 1.48. The molecule has 2 N–H and O–H groups in total. The average molecular weight is 345 g/mol. The summed E-state index contributed by atoms with van der Waals surface area (Å²) < 4.78 is 5.44. The summed E-state index contributed by atoms with van der Waals surface area (Å²) in [6.45, 7) is 2.13. The van der Waals surface area contributed by atoms with Crippen molar-refractivity contribution in [2.24, 2.45) is 5.92 Å². The van der Waals surface area contributed by atoms with Crippen LogP contribution in [0.15, 0.2) is 54.6 Å². The number of piperidine rings is 1. The number of thioether (sulfide) groups is 1. The first-order chi connectivity index (χ1) is 11.7. The molecule has 1 aromatic rings. The summed E-state index contributed by atoms with van der Waals surface area (Å²) in [6, 6.07) is 9.58. The van der Waals surface area contributed by atoms with Crippen molar-refractivity contribution in [2.75, 3.05) is 13.1 Å². The van der Waals surface area contributed by atoms with Gasteiger partial charge >= 0.3 is 5.97 Å². The monoisotopic (exact) mass is 345 g/mol. The summed E-state index contributed by atoms with van der Waals surface area (Å²) in [5.74, 6) is -1.06. The standard InChI is InChI=1S/C19H23NO3S/c21-18(23-14-15-6-2-1-3-7-15)17-8-4-5-11-19(17,22)24-16-9-12-20-13-10-16/h1-8,11,16-17,20,22H,9-10,12-14H2/t17-,19-/m1/s1. The molecule has 1 aromatic carbocycles. The van der Waals surface area contributed by atoms with Crippen molar-refractivity contribution < 1.29 is 14.6 Å². The van der Waals surface area contributed by atoms with Gasteiger partial charge in [-0.15, -0.1) is 11.8 Å². The van der Waals surface area contributed by atoms with Gasteiger partial charge in [0.1, 0.15) is 17.5 Å². The van der Waals surface area contributed by atoms with Gasteiger partial charge in [-0.3, -0.25) is 4.79 Å². The lowest BCUT2D eigenvalue weighted by Gasteiger charge is -2.35. The Kier molecular flexibility index (Phi) is 5.76. The zero-order chi connectivity index (χ0) is 16.8. The van der Waals surface area contributed by atoms with Crippen LogP contribution in [0, 0.1) is 5.92 Å². The van der Waals surface area contributed by atoms with Crippen LogP contribution in [0.5, 0.6) is 0 Å². The van der Waals surface area contributed by atoms with E-state index in [1.54, 1.807) is 24.3 Å². The van der Waals surface area contributed by atoms with E-state index in [9.17, 15) is 9.90 Å². The molecule has 0 amide bonds.